The van der Waals surface area contributed by atoms with Gasteiger partial charge in [-0.15, -0.1) is 0 Å². The number of nitrogens with zero attached hydrogens (tertiary/aromatic N) is 1. The number of benzene rings is 2. The molecule has 0 saturated carbocycles. The molecule has 2 aromatic rings. The molecule has 5 nitrogen and oxygen atoms in total. The third kappa shape index (κ3) is 4.17. The molecular formula is C21H26N2O3. The molecule has 0 aromatic heterocycles. The molecule has 26 heavy (non-hydrogen) atoms. The predicted octanol–water partition coefficient (Wildman–Crippen LogP) is 3.31. The number of anilines is 1. The summed E-state index contributed by atoms with van der Waals surface area (Å²) in [6.07, 6.45) is 1.40. The second kappa shape index (κ2) is 8.23. The lowest BCUT2D eigenvalue weighted by molar-refractivity contribution is -0.147. The summed E-state index contributed by atoms with van der Waals surface area (Å²) in [6, 6.07) is 18.1. The van der Waals surface area contributed by atoms with Gasteiger partial charge in [0.05, 0.1) is 14.2 Å². The Balaban J connectivity index is 1.70. The number of nitrogens with one attached hydrogen (secondary N) is 1. The number of likely N-dealkylation sites (tertiary alicyclic amines) is 1. The van der Waals surface area contributed by atoms with E-state index in [2.05, 4.69) is 34.5 Å². The number of esters is 1. The molecule has 0 bridgehead atoms. The SMILES string of the molecule is COC(=O)C1(Nc2cccc(OC)c2)CCN(Cc2ccccc2)CC1. The summed E-state index contributed by atoms with van der Waals surface area (Å²) < 4.78 is 10.4. The van der Waals surface area contributed by atoms with Gasteiger partial charge in [-0.25, -0.2) is 4.79 Å². The average Bonchev–Trinajstić information content (AvgIpc) is 2.70. The Kier molecular flexibility index (Phi) is 5.78. The van der Waals surface area contributed by atoms with E-state index in [1.165, 1.54) is 12.7 Å². The van der Waals surface area contributed by atoms with E-state index in [4.69, 9.17) is 9.47 Å². The summed E-state index contributed by atoms with van der Waals surface area (Å²) >= 11 is 0. The standard InChI is InChI=1S/C21H26N2O3/c1-25-19-10-6-9-18(15-19)22-21(20(24)26-2)11-13-23(14-12-21)16-17-7-4-3-5-8-17/h3-10,15,22H,11-14,16H2,1-2H3. The molecule has 138 valence electrons. The third-order valence-electron chi connectivity index (χ3n) is 4.99. The van der Waals surface area contributed by atoms with Gasteiger partial charge < -0.3 is 14.8 Å². The van der Waals surface area contributed by atoms with Crippen molar-refractivity contribution in [1.29, 1.82) is 0 Å². The lowest BCUT2D eigenvalue weighted by Crippen LogP contribution is -2.54. The Hall–Kier alpha value is -2.53. The van der Waals surface area contributed by atoms with Crippen LogP contribution in [-0.2, 0) is 16.1 Å². The summed E-state index contributed by atoms with van der Waals surface area (Å²) in [5, 5.41) is 3.42. The van der Waals surface area contributed by atoms with Gasteiger partial charge in [-0.05, 0) is 30.5 Å². The fourth-order valence-electron chi connectivity index (χ4n) is 3.49. The molecule has 1 saturated heterocycles. The van der Waals surface area contributed by atoms with E-state index in [-0.39, 0.29) is 5.97 Å². The summed E-state index contributed by atoms with van der Waals surface area (Å²) in [7, 11) is 3.09. The highest BCUT2D eigenvalue weighted by Crippen LogP contribution is 2.30. The Bertz CT molecular complexity index is 725. The van der Waals surface area contributed by atoms with Gasteiger partial charge in [0.2, 0.25) is 0 Å². The van der Waals surface area contributed by atoms with Crippen LogP contribution in [0, 0.1) is 0 Å². The van der Waals surface area contributed by atoms with Gasteiger partial charge in [-0.1, -0.05) is 36.4 Å². The maximum absolute atomic E-state index is 12.6. The molecule has 5 heteroatoms. The Morgan fingerprint density at radius 2 is 1.81 bits per heavy atom. The van der Waals surface area contributed by atoms with Gasteiger partial charge in [0.25, 0.3) is 0 Å². The van der Waals surface area contributed by atoms with Gasteiger partial charge in [-0.3, -0.25) is 4.90 Å². The van der Waals surface area contributed by atoms with E-state index in [0.717, 1.165) is 31.1 Å². The van der Waals surface area contributed by atoms with Crippen molar-refractivity contribution in [3.05, 3.63) is 60.2 Å². The van der Waals surface area contributed by atoms with Crippen molar-refractivity contribution in [2.45, 2.75) is 24.9 Å². The first-order valence-electron chi connectivity index (χ1n) is 8.92. The number of rotatable bonds is 6. The summed E-state index contributed by atoms with van der Waals surface area (Å²) in [5.74, 6) is 0.552. The fraction of sp³-hybridized carbons (Fsp3) is 0.381. The van der Waals surface area contributed by atoms with Crippen LogP contribution in [0.1, 0.15) is 18.4 Å². The number of hydrogen-bond acceptors (Lipinski definition) is 5. The van der Waals surface area contributed by atoms with Gasteiger partial charge in [0, 0.05) is 31.4 Å². The van der Waals surface area contributed by atoms with Crippen LogP contribution in [0.4, 0.5) is 5.69 Å². The molecule has 0 aliphatic carbocycles. The van der Waals surface area contributed by atoms with Crippen molar-refractivity contribution in [2.24, 2.45) is 0 Å². The minimum atomic E-state index is -0.700. The molecule has 1 aliphatic heterocycles. The largest absolute Gasteiger partial charge is 0.497 e. The summed E-state index contributed by atoms with van der Waals surface area (Å²) in [5.41, 5.74) is 1.46. The Morgan fingerprint density at radius 3 is 2.46 bits per heavy atom. The molecular weight excluding hydrogens is 328 g/mol. The highest BCUT2D eigenvalue weighted by Gasteiger charge is 2.42. The maximum Gasteiger partial charge on any atom is 0.331 e. The molecule has 0 amide bonds. The minimum Gasteiger partial charge on any atom is -0.497 e. The summed E-state index contributed by atoms with van der Waals surface area (Å²) in [6.45, 7) is 2.57. The molecule has 0 unspecified atom stereocenters. The van der Waals surface area contributed by atoms with Crippen molar-refractivity contribution >= 4 is 11.7 Å². The number of piperidine rings is 1. The fourth-order valence-corrected chi connectivity index (χ4v) is 3.49. The Morgan fingerprint density at radius 1 is 1.08 bits per heavy atom. The van der Waals surface area contributed by atoms with E-state index in [1.54, 1.807) is 7.11 Å². The van der Waals surface area contributed by atoms with Gasteiger partial charge in [0.1, 0.15) is 11.3 Å². The van der Waals surface area contributed by atoms with Gasteiger partial charge >= 0.3 is 5.97 Å². The number of carbonyl (C=O) groups excluding carboxylic acids is 1. The van der Waals surface area contributed by atoms with Crippen LogP contribution in [0.15, 0.2) is 54.6 Å². The molecule has 0 atom stereocenters. The van der Waals surface area contributed by atoms with Crippen molar-refractivity contribution in [3.63, 3.8) is 0 Å². The lowest BCUT2D eigenvalue weighted by Gasteiger charge is -2.40. The number of ether oxygens (including phenoxy) is 2. The van der Waals surface area contributed by atoms with Crippen LogP contribution in [0.3, 0.4) is 0 Å². The second-order valence-electron chi connectivity index (χ2n) is 6.69. The minimum absolute atomic E-state index is 0.209. The van der Waals surface area contributed by atoms with Crippen LogP contribution < -0.4 is 10.1 Å². The summed E-state index contributed by atoms with van der Waals surface area (Å²) in [4.78, 5) is 15.0. The maximum atomic E-state index is 12.6. The van der Waals surface area contributed by atoms with E-state index in [9.17, 15) is 4.79 Å². The number of hydrogen-bond donors (Lipinski definition) is 1. The van der Waals surface area contributed by atoms with Gasteiger partial charge in [0.15, 0.2) is 0 Å². The molecule has 0 spiro atoms. The number of carbonyl (C=O) groups is 1. The smallest absolute Gasteiger partial charge is 0.331 e. The van der Waals surface area contributed by atoms with Crippen LogP contribution in [0.2, 0.25) is 0 Å². The van der Waals surface area contributed by atoms with Crippen molar-refractivity contribution < 1.29 is 14.3 Å². The first-order chi connectivity index (χ1) is 12.6. The molecule has 1 fully saturated rings. The van der Waals surface area contributed by atoms with Crippen LogP contribution in [-0.4, -0.2) is 43.7 Å². The van der Waals surface area contributed by atoms with E-state index in [0.29, 0.717) is 12.8 Å². The second-order valence-corrected chi connectivity index (χ2v) is 6.69. The number of methoxy groups -OCH3 is 2. The molecule has 2 aromatic carbocycles. The van der Waals surface area contributed by atoms with Crippen LogP contribution in [0.25, 0.3) is 0 Å². The first-order valence-corrected chi connectivity index (χ1v) is 8.92. The highest BCUT2D eigenvalue weighted by molar-refractivity contribution is 5.84. The van der Waals surface area contributed by atoms with E-state index >= 15 is 0 Å². The van der Waals surface area contributed by atoms with Crippen molar-refractivity contribution in [3.8, 4) is 5.75 Å². The van der Waals surface area contributed by atoms with Crippen molar-refractivity contribution in [2.75, 3.05) is 32.6 Å². The topological polar surface area (TPSA) is 50.8 Å². The van der Waals surface area contributed by atoms with E-state index in [1.807, 2.05) is 30.3 Å². The molecule has 1 aliphatic rings. The predicted molar refractivity (Wildman–Crippen MR) is 102 cm³/mol. The normalized spacial score (nSPS) is 16.7. The third-order valence-corrected chi connectivity index (χ3v) is 4.99. The average molecular weight is 354 g/mol. The van der Waals surface area contributed by atoms with Crippen LogP contribution in [0.5, 0.6) is 5.75 Å². The molecule has 0 radical (unpaired) electrons. The lowest BCUT2D eigenvalue weighted by atomic mass is 9.86. The first kappa shape index (κ1) is 18.3. The molecule has 1 N–H and O–H groups in total. The van der Waals surface area contributed by atoms with E-state index < -0.39 is 5.54 Å². The van der Waals surface area contributed by atoms with Crippen molar-refractivity contribution in [1.82, 2.24) is 4.90 Å². The molecule has 3 rings (SSSR count). The quantitative estimate of drug-likeness (QED) is 0.807. The highest BCUT2D eigenvalue weighted by atomic mass is 16.5. The van der Waals surface area contributed by atoms with Crippen LogP contribution >= 0.6 is 0 Å². The zero-order valence-electron chi connectivity index (χ0n) is 15.4. The monoisotopic (exact) mass is 354 g/mol. The Labute approximate surface area is 154 Å². The van der Waals surface area contributed by atoms with Gasteiger partial charge in [-0.2, -0.15) is 0 Å². The zero-order valence-corrected chi connectivity index (χ0v) is 15.4. The zero-order chi connectivity index (χ0) is 18.4. The molecule has 1 heterocycles.